The molecule has 1 unspecified atom stereocenters. The molecule has 0 saturated carbocycles. The molecule has 1 aliphatic rings. The molecule has 1 aliphatic carbocycles. The molecule has 1 aromatic carbocycles. The summed E-state index contributed by atoms with van der Waals surface area (Å²) in [5.74, 6) is -1.23. The first-order chi connectivity index (χ1) is 9.99. The molecule has 1 aromatic rings. The third-order valence-corrected chi connectivity index (χ3v) is 3.22. The number of hydrogen-bond acceptors (Lipinski definition) is 5. The van der Waals surface area contributed by atoms with E-state index in [1.165, 1.54) is 4.90 Å². The Morgan fingerprint density at radius 1 is 1.19 bits per heavy atom. The van der Waals surface area contributed by atoms with Crippen molar-refractivity contribution in [3.8, 4) is 0 Å². The number of carbonyl (C=O) groups excluding carboxylic acids is 2. The van der Waals surface area contributed by atoms with E-state index in [1.807, 2.05) is 6.07 Å². The Labute approximate surface area is 122 Å². The maximum absolute atomic E-state index is 12.0. The lowest BCUT2D eigenvalue weighted by Crippen LogP contribution is -2.33. The van der Waals surface area contributed by atoms with Crippen molar-refractivity contribution in [1.82, 2.24) is 4.90 Å². The van der Waals surface area contributed by atoms with E-state index in [-0.39, 0.29) is 36.0 Å². The number of carbonyl (C=O) groups is 2. The Balaban J connectivity index is 2.17. The van der Waals surface area contributed by atoms with Crippen LogP contribution in [0.15, 0.2) is 52.0 Å². The zero-order chi connectivity index (χ0) is 15.4. The topological polar surface area (TPSA) is 82.3 Å². The van der Waals surface area contributed by atoms with E-state index >= 15 is 0 Å². The number of azo groups is 1. The van der Waals surface area contributed by atoms with Crippen molar-refractivity contribution in [2.45, 2.75) is 12.8 Å². The molecule has 0 saturated heterocycles. The second kappa shape index (κ2) is 6.30. The predicted octanol–water partition coefficient (Wildman–Crippen LogP) is 2.61. The number of allylic oxidation sites excluding steroid dienone is 2. The number of benzene rings is 1. The minimum atomic E-state index is -0.525. The molecule has 6 heteroatoms. The number of ketones is 1. The van der Waals surface area contributed by atoms with Crippen molar-refractivity contribution >= 4 is 17.4 Å². The van der Waals surface area contributed by atoms with Gasteiger partial charge < -0.3 is 10.0 Å². The van der Waals surface area contributed by atoms with Gasteiger partial charge in [-0.3, -0.25) is 9.59 Å². The Bertz CT molecular complexity index is 606. The lowest BCUT2D eigenvalue weighted by atomic mass is 9.89. The monoisotopic (exact) mass is 287 g/mol. The van der Waals surface area contributed by atoms with Crippen LogP contribution in [0.4, 0.5) is 5.69 Å². The number of aliphatic hydroxyl groups is 1. The smallest absolute Gasteiger partial charge is 0.226 e. The average Bonchev–Trinajstić information content (AvgIpc) is 2.46. The van der Waals surface area contributed by atoms with Gasteiger partial charge in [0.15, 0.2) is 11.5 Å². The quantitative estimate of drug-likeness (QED) is 0.867. The summed E-state index contributed by atoms with van der Waals surface area (Å²) in [5.41, 5.74) is 0.541. The van der Waals surface area contributed by atoms with E-state index < -0.39 is 5.92 Å². The zero-order valence-corrected chi connectivity index (χ0v) is 12.0. The first-order valence-corrected chi connectivity index (χ1v) is 6.62. The van der Waals surface area contributed by atoms with E-state index in [4.69, 9.17) is 0 Å². The molecule has 0 bridgehead atoms. The van der Waals surface area contributed by atoms with E-state index in [0.717, 1.165) is 0 Å². The molecule has 1 amide bonds. The lowest BCUT2D eigenvalue weighted by molar-refractivity contribution is -0.136. The highest BCUT2D eigenvalue weighted by molar-refractivity contribution is 5.99. The van der Waals surface area contributed by atoms with Gasteiger partial charge in [0.25, 0.3) is 0 Å². The Kier molecular flexibility index (Phi) is 4.47. The highest BCUT2D eigenvalue weighted by atomic mass is 16.3. The number of hydrogen-bond donors (Lipinski definition) is 1. The largest absolute Gasteiger partial charge is 0.510 e. The van der Waals surface area contributed by atoms with Crippen molar-refractivity contribution in [1.29, 1.82) is 0 Å². The molecular weight excluding hydrogens is 270 g/mol. The van der Waals surface area contributed by atoms with E-state index in [9.17, 15) is 14.7 Å². The molecule has 21 heavy (non-hydrogen) atoms. The number of Topliss-reactive ketones (excluding diaryl/α,β-unsaturated/α-hetero) is 1. The van der Waals surface area contributed by atoms with Crippen LogP contribution in [0.25, 0.3) is 0 Å². The lowest BCUT2D eigenvalue weighted by Gasteiger charge is -2.23. The molecule has 2 rings (SSSR count). The van der Waals surface area contributed by atoms with Crippen molar-refractivity contribution in [3.63, 3.8) is 0 Å². The van der Waals surface area contributed by atoms with Crippen molar-refractivity contribution in [2.75, 3.05) is 14.1 Å². The van der Waals surface area contributed by atoms with Crippen molar-refractivity contribution in [2.24, 2.45) is 16.1 Å². The minimum absolute atomic E-state index is 0.0458. The SMILES string of the molecule is CN(C)C(=O)C1CC(=O)C(/N=N/c2ccccc2)=C(O)C1. The fraction of sp³-hybridized carbons (Fsp3) is 0.333. The van der Waals surface area contributed by atoms with E-state index in [1.54, 1.807) is 38.4 Å². The standard InChI is InChI=1S/C15H17N3O3/c1-18(2)15(21)10-8-12(19)14(13(20)9-10)17-16-11-6-4-3-5-7-11/h3-7,10,19H,8-9H2,1-2H3/b17-16+. The summed E-state index contributed by atoms with van der Waals surface area (Å²) in [6.45, 7) is 0. The van der Waals surface area contributed by atoms with Crippen LogP contribution in [0, 0.1) is 5.92 Å². The van der Waals surface area contributed by atoms with Crippen LogP contribution in [-0.2, 0) is 9.59 Å². The van der Waals surface area contributed by atoms with Crippen LogP contribution in [0.5, 0.6) is 0 Å². The molecular formula is C15H17N3O3. The summed E-state index contributed by atoms with van der Waals surface area (Å²) in [4.78, 5) is 25.3. The predicted molar refractivity (Wildman–Crippen MR) is 77.0 cm³/mol. The van der Waals surface area contributed by atoms with Gasteiger partial charge in [-0.2, -0.15) is 5.11 Å². The van der Waals surface area contributed by atoms with Gasteiger partial charge in [0.1, 0.15) is 5.76 Å². The van der Waals surface area contributed by atoms with Crippen molar-refractivity contribution < 1.29 is 14.7 Å². The Morgan fingerprint density at radius 2 is 1.86 bits per heavy atom. The summed E-state index contributed by atoms with van der Waals surface area (Å²) in [5, 5.41) is 17.7. The van der Waals surface area contributed by atoms with Crippen LogP contribution in [0.2, 0.25) is 0 Å². The van der Waals surface area contributed by atoms with Gasteiger partial charge in [-0.15, -0.1) is 5.11 Å². The average molecular weight is 287 g/mol. The molecule has 110 valence electrons. The summed E-state index contributed by atoms with van der Waals surface area (Å²) >= 11 is 0. The summed E-state index contributed by atoms with van der Waals surface area (Å²) < 4.78 is 0. The van der Waals surface area contributed by atoms with Crippen LogP contribution >= 0.6 is 0 Å². The van der Waals surface area contributed by atoms with Gasteiger partial charge in [0, 0.05) is 26.9 Å². The number of aliphatic hydroxyl groups excluding tert-OH is 1. The van der Waals surface area contributed by atoms with Gasteiger partial charge in [0.2, 0.25) is 5.91 Å². The molecule has 1 atom stereocenters. The molecule has 0 heterocycles. The molecule has 1 N–H and O–H groups in total. The van der Waals surface area contributed by atoms with Gasteiger partial charge in [-0.1, -0.05) is 18.2 Å². The molecule has 0 radical (unpaired) electrons. The summed E-state index contributed by atoms with van der Waals surface area (Å²) in [7, 11) is 3.25. The fourth-order valence-electron chi connectivity index (χ4n) is 2.14. The third-order valence-electron chi connectivity index (χ3n) is 3.22. The minimum Gasteiger partial charge on any atom is -0.510 e. The van der Waals surface area contributed by atoms with Gasteiger partial charge in [0.05, 0.1) is 11.6 Å². The maximum Gasteiger partial charge on any atom is 0.226 e. The zero-order valence-electron chi connectivity index (χ0n) is 12.0. The fourth-order valence-corrected chi connectivity index (χ4v) is 2.14. The normalized spacial score (nSPS) is 19.1. The Morgan fingerprint density at radius 3 is 2.43 bits per heavy atom. The second-order valence-electron chi connectivity index (χ2n) is 5.09. The molecule has 0 aromatic heterocycles. The van der Waals surface area contributed by atoms with Crippen molar-refractivity contribution in [3.05, 3.63) is 41.8 Å². The Hall–Kier alpha value is -2.50. The summed E-state index contributed by atoms with van der Waals surface area (Å²) in [6.07, 6.45) is 0.163. The number of amides is 1. The first kappa shape index (κ1) is 14.9. The van der Waals surface area contributed by atoms with E-state index in [2.05, 4.69) is 10.2 Å². The third kappa shape index (κ3) is 3.53. The molecule has 0 spiro atoms. The number of rotatable bonds is 3. The highest BCUT2D eigenvalue weighted by Crippen LogP contribution is 2.28. The van der Waals surface area contributed by atoms with Gasteiger partial charge >= 0.3 is 0 Å². The second-order valence-corrected chi connectivity index (χ2v) is 5.09. The van der Waals surface area contributed by atoms with Gasteiger partial charge in [-0.25, -0.2) is 0 Å². The van der Waals surface area contributed by atoms with Gasteiger partial charge in [-0.05, 0) is 12.1 Å². The van der Waals surface area contributed by atoms with Crippen LogP contribution in [0.1, 0.15) is 12.8 Å². The van der Waals surface area contributed by atoms with Crippen LogP contribution < -0.4 is 0 Å². The van der Waals surface area contributed by atoms with Crippen LogP contribution in [0.3, 0.4) is 0 Å². The summed E-state index contributed by atoms with van der Waals surface area (Å²) in [6, 6.07) is 8.94. The van der Waals surface area contributed by atoms with E-state index in [0.29, 0.717) is 5.69 Å². The maximum atomic E-state index is 12.0. The number of nitrogens with zero attached hydrogens (tertiary/aromatic N) is 3. The molecule has 0 aliphatic heterocycles. The highest BCUT2D eigenvalue weighted by Gasteiger charge is 2.33. The molecule has 6 nitrogen and oxygen atoms in total. The van der Waals surface area contributed by atoms with Crippen LogP contribution in [-0.4, -0.2) is 35.8 Å². The first-order valence-electron chi connectivity index (χ1n) is 6.62. The molecule has 0 fully saturated rings.